The molecule has 2 rings (SSSR count). The minimum atomic E-state index is -4.48. The van der Waals surface area contributed by atoms with Crippen molar-refractivity contribution in [1.82, 2.24) is 15.5 Å². The van der Waals surface area contributed by atoms with Crippen molar-refractivity contribution in [1.29, 1.82) is 0 Å². The van der Waals surface area contributed by atoms with E-state index in [9.17, 15) is 32.3 Å². The largest absolute Gasteiger partial charge is 0.455 e. The third kappa shape index (κ3) is 7.54. The molecule has 0 atom stereocenters. The third-order valence-corrected chi connectivity index (χ3v) is 4.66. The Labute approximate surface area is 183 Å². The van der Waals surface area contributed by atoms with Gasteiger partial charge in [0.1, 0.15) is 0 Å². The molecule has 0 spiro atoms. The number of hydrogen-bond acceptors (Lipinski definition) is 5. The van der Waals surface area contributed by atoms with Crippen LogP contribution >= 0.6 is 0 Å². The van der Waals surface area contributed by atoms with Crippen LogP contribution in [0.4, 0.5) is 18.0 Å². The van der Waals surface area contributed by atoms with Crippen LogP contribution in [0.5, 0.6) is 0 Å². The van der Waals surface area contributed by atoms with Gasteiger partial charge in [0.2, 0.25) is 0 Å². The first-order chi connectivity index (χ1) is 14.8. The first-order valence-corrected chi connectivity index (χ1v) is 10.0. The average Bonchev–Trinajstić information content (AvgIpc) is 2.69. The van der Waals surface area contributed by atoms with Crippen LogP contribution in [-0.2, 0) is 20.5 Å². The lowest BCUT2D eigenvalue weighted by Gasteiger charge is -2.31. The number of alkyl halides is 3. The highest BCUT2D eigenvalue weighted by Gasteiger charge is 2.32. The number of benzene rings is 1. The van der Waals surface area contributed by atoms with Crippen LogP contribution < -0.4 is 10.6 Å². The number of carbonyl (C=O) groups excluding carboxylic acids is 4. The van der Waals surface area contributed by atoms with Gasteiger partial charge in [0.05, 0.1) is 11.5 Å². The van der Waals surface area contributed by atoms with E-state index in [-0.39, 0.29) is 31.5 Å². The lowest BCUT2D eigenvalue weighted by Crippen LogP contribution is -2.49. The first-order valence-electron chi connectivity index (χ1n) is 10.0. The molecular formula is C21H26F3N3O5. The summed E-state index contributed by atoms with van der Waals surface area (Å²) in [5, 5.41) is 4.59. The number of rotatable bonds is 4. The molecule has 1 saturated heterocycles. The van der Waals surface area contributed by atoms with E-state index in [2.05, 4.69) is 10.6 Å². The first kappa shape index (κ1) is 25.2. The molecule has 1 aliphatic rings. The number of esters is 1. The zero-order valence-electron chi connectivity index (χ0n) is 18.0. The molecule has 1 heterocycles. The Morgan fingerprint density at radius 3 is 2.09 bits per heavy atom. The number of imide groups is 1. The van der Waals surface area contributed by atoms with E-state index in [1.54, 1.807) is 20.8 Å². The number of likely N-dealkylation sites (tertiary alicyclic amines) is 1. The van der Waals surface area contributed by atoms with Gasteiger partial charge < -0.3 is 15.0 Å². The molecule has 0 saturated carbocycles. The molecule has 0 aliphatic carbocycles. The molecule has 0 bridgehead atoms. The van der Waals surface area contributed by atoms with Gasteiger partial charge in [-0.25, -0.2) is 4.79 Å². The molecule has 8 nitrogen and oxygen atoms in total. The lowest BCUT2D eigenvalue weighted by molar-refractivity contribution is -0.153. The van der Waals surface area contributed by atoms with Gasteiger partial charge in [-0.1, -0.05) is 0 Å². The van der Waals surface area contributed by atoms with Gasteiger partial charge in [0, 0.05) is 24.2 Å². The molecule has 4 amide bonds. The van der Waals surface area contributed by atoms with Crippen LogP contribution in [0.2, 0.25) is 0 Å². The van der Waals surface area contributed by atoms with Crippen molar-refractivity contribution in [2.24, 2.45) is 5.92 Å². The number of ether oxygens (including phenoxy) is 1. The number of carbonyl (C=O) groups is 4. The topological polar surface area (TPSA) is 105 Å². The Kier molecular flexibility index (Phi) is 7.87. The fraction of sp³-hybridized carbons (Fsp3) is 0.524. The molecule has 0 aromatic heterocycles. The Morgan fingerprint density at radius 1 is 1.03 bits per heavy atom. The maximum atomic E-state index is 12.7. The van der Waals surface area contributed by atoms with Crippen LogP contribution in [0.25, 0.3) is 0 Å². The molecular weight excluding hydrogens is 431 g/mol. The summed E-state index contributed by atoms with van der Waals surface area (Å²) in [6.07, 6.45) is -3.90. The summed E-state index contributed by atoms with van der Waals surface area (Å²) < 4.78 is 42.9. The van der Waals surface area contributed by atoms with Crippen molar-refractivity contribution in [3.05, 3.63) is 35.4 Å². The minimum absolute atomic E-state index is 0.129. The SMILES string of the molecule is CC(C)(C)NC(=O)NC(=O)COC(=O)C1CCN(C(=O)c2ccc(C(F)(F)F)cc2)CC1. The number of amides is 4. The summed E-state index contributed by atoms with van der Waals surface area (Å²) in [7, 11) is 0. The second-order valence-electron chi connectivity index (χ2n) is 8.50. The van der Waals surface area contributed by atoms with Crippen molar-refractivity contribution in [3.8, 4) is 0 Å². The molecule has 1 aromatic rings. The minimum Gasteiger partial charge on any atom is -0.455 e. The molecule has 2 N–H and O–H groups in total. The number of nitrogens with zero attached hydrogens (tertiary/aromatic N) is 1. The molecule has 176 valence electrons. The maximum Gasteiger partial charge on any atom is 0.416 e. The Bertz CT molecular complexity index is 855. The summed E-state index contributed by atoms with van der Waals surface area (Å²) >= 11 is 0. The standard InChI is InChI=1S/C21H26F3N3O5/c1-20(2,3)26-19(31)25-16(28)12-32-18(30)14-8-10-27(11-9-14)17(29)13-4-6-15(7-5-13)21(22,23)24/h4-7,14H,8-12H2,1-3H3,(H2,25,26,28,31). The van der Waals surface area contributed by atoms with Crippen LogP contribution in [-0.4, -0.2) is 54.0 Å². The number of nitrogens with one attached hydrogen (secondary N) is 2. The van der Waals surface area contributed by atoms with E-state index in [1.165, 1.54) is 4.90 Å². The van der Waals surface area contributed by atoms with E-state index in [0.717, 1.165) is 24.3 Å². The van der Waals surface area contributed by atoms with E-state index in [4.69, 9.17) is 4.74 Å². The zero-order chi connectivity index (χ0) is 24.1. The molecule has 0 radical (unpaired) electrons. The summed E-state index contributed by atoms with van der Waals surface area (Å²) in [5.74, 6) is -2.33. The van der Waals surface area contributed by atoms with Gasteiger partial charge in [-0.3, -0.25) is 19.7 Å². The predicted octanol–water partition coefficient (Wildman–Crippen LogP) is 2.73. The van der Waals surface area contributed by atoms with E-state index >= 15 is 0 Å². The molecule has 1 fully saturated rings. The summed E-state index contributed by atoms with van der Waals surface area (Å²) in [6, 6.07) is 3.25. The van der Waals surface area contributed by atoms with Gasteiger partial charge in [-0.2, -0.15) is 13.2 Å². The van der Waals surface area contributed by atoms with E-state index in [1.807, 2.05) is 0 Å². The number of hydrogen-bond donors (Lipinski definition) is 2. The monoisotopic (exact) mass is 457 g/mol. The fourth-order valence-electron chi connectivity index (χ4n) is 3.09. The number of halogens is 3. The van der Waals surface area contributed by atoms with Crippen molar-refractivity contribution in [2.45, 2.75) is 45.3 Å². The van der Waals surface area contributed by atoms with Crippen LogP contribution in [0.1, 0.15) is 49.5 Å². The number of urea groups is 1. The lowest BCUT2D eigenvalue weighted by atomic mass is 9.96. The normalized spacial score (nSPS) is 15.1. The summed E-state index contributed by atoms with van der Waals surface area (Å²) in [6.45, 7) is 5.06. The smallest absolute Gasteiger partial charge is 0.416 e. The Hall–Kier alpha value is -3.11. The van der Waals surface area contributed by atoms with Gasteiger partial charge in [-0.05, 0) is 57.9 Å². The molecule has 1 aliphatic heterocycles. The van der Waals surface area contributed by atoms with Gasteiger partial charge in [0.15, 0.2) is 6.61 Å². The second kappa shape index (κ2) is 10.0. The number of piperidine rings is 1. The van der Waals surface area contributed by atoms with Gasteiger partial charge in [-0.15, -0.1) is 0 Å². The third-order valence-electron chi connectivity index (χ3n) is 4.66. The van der Waals surface area contributed by atoms with E-state index < -0.39 is 53.6 Å². The van der Waals surface area contributed by atoms with E-state index in [0.29, 0.717) is 0 Å². The molecule has 1 aromatic carbocycles. The highest BCUT2D eigenvalue weighted by atomic mass is 19.4. The summed E-state index contributed by atoms with van der Waals surface area (Å²) in [5.41, 5.74) is -1.24. The Morgan fingerprint density at radius 2 is 1.59 bits per heavy atom. The second-order valence-corrected chi connectivity index (χ2v) is 8.50. The molecule has 0 unspecified atom stereocenters. The van der Waals surface area contributed by atoms with Crippen molar-refractivity contribution in [2.75, 3.05) is 19.7 Å². The van der Waals surface area contributed by atoms with Gasteiger partial charge in [0.25, 0.3) is 11.8 Å². The van der Waals surface area contributed by atoms with Crippen molar-refractivity contribution in [3.63, 3.8) is 0 Å². The zero-order valence-corrected chi connectivity index (χ0v) is 18.0. The van der Waals surface area contributed by atoms with Crippen molar-refractivity contribution >= 4 is 23.8 Å². The highest BCUT2D eigenvalue weighted by molar-refractivity contribution is 5.96. The summed E-state index contributed by atoms with van der Waals surface area (Å²) in [4.78, 5) is 49.5. The van der Waals surface area contributed by atoms with Crippen LogP contribution in [0.15, 0.2) is 24.3 Å². The quantitative estimate of drug-likeness (QED) is 0.677. The molecule has 32 heavy (non-hydrogen) atoms. The Balaban J connectivity index is 1.78. The van der Waals surface area contributed by atoms with Crippen LogP contribution in [0.3, 0.4) is 0 Å². The average molecular weight is 457 g/mol. The van der Waals surface area contributed by atoms with Crippen molar-refractivity contribution < 1.29 is 37.1 Å². The predicted molar refractivity (Wildman–Crippen MR) is 107 cm³/mol. The molecule has 11 heteroatoms. The van der Waals surface area contributed by atoms with Gasteiger partial charge >= 0.3 is 18.2 Å². The maximum absolute atomic E-state index is 12.7. The highest BCUT2D eigenvalue weighted by Crippen LogP contribution is 2.29. The fourth-order valence-corrected chi connectivity index (χ4v) is 3.09. The van der Waals surface area contributed by atoms with Crippen LogP contribution in [0, 0.1) is 5.92 Å².